The number of carbonyl (C=O) groups excluding carboxylic acids is 2. The zero-order valence-corrected chi connectivity index (χ0v) is 22.0. The van der Waals surface area contributed by atoms with Crippen LogP contribution in [-0.4, -0.2) is 26.9 Å². The van der Waals surface area contributed by atoms with E-state index in [0.717, 1.165) is 42.2 Å². The molecule has 0 bridgehead atoms. The highest BCUT2D eigenvalue weighted by molar-refractivity contribution is 6.33. The van der Waals surface area contributed by atoms with Crippen LogP contribution in [0.5, 0.6) is 0 Å². The van der Waals surface area contributed by atoms with Crippen molar-refractivity contribution in [2.75, 3.05) is 0 Å². The molecule has 4 aromatic rings. The summed E-state index contributed by atoms with van der Waals surface area (Å²) in [5.41, 5.74) is 0.793. The molecule has 0 radical (unpaired) electrons. The minimum absolute atomic E-state index is 0.122. The summed E-state index contributed by atoms with van der Waals surface area (Å²) in [5.74, 6) is -1.39. The third-order valence-corrected chi connectivity index (χ3v) is 6.60. The molecule has 1 N–H and O–H groups in total. The van der Waals surface area contributed by atoms with Crippen molar-refractivity contribution in [3.63, 3.8) is 0 Å². The monoisotopic (exact) mass is 541 g/mol. The maximum atomic E-state index is 13.8. The van der Waals surface area contributed by atoms with Crippen LogP contribution < -0.4 is 5.32 Å². The smallest absolute Gasteiger partial charge is 0.281 e. The van der Waals surface area contributed by atoms with Crippen LogP contribution in [0.4, 0.5) is 13.2 Å². The Morgan fingerprint density at radius 3 is 2.47 bits per heavy atom. The molecule has 4 rings (SSSR count). The first-order chi connectivity index (χ1) is 18.0. The Balaban J connectivity index is 1.63. The van der Waals surface area contributed by atoms with E-state index in [2.05, 4.69) is 14.9 Å². The summed E-state index contributed by atoms with van der Waals surface area (Å²) < 4.78 is 43.3. The maximum Gasteiger partial charge on any atom is 0.281 e. The summed E-state index contributed by atoms with van der Waals surface area (Å²) >= 11 is 6.43. The molecule has 0 fully saturated rings. The van der Waals surface area contributed by atoms with Crippen molar-refractivity contribution in [3.05, 3.63) is 88.2 Å². The number of aromatic nitrogens is 2. The largest absolute Gasteiger partial charge is 0.349 e. The number of Topliss-reactive ketones (excluding diaryl/α,β-unsaturated/α-hetero) is 1. The lowest BCUT2D eigenvalue weighted by Crippen LogP contribution is -2.38. The summed E-state index contributed by atoms with van der Waals surface area (Å²) in [6.45, 7) is 4.80. The molecular weight excluding hydrogens is 515 g/mol. The first-order valence-electron chi connectivity index (χ1n) is 12.1. The number of fused-ring (bicyclic) bond motifs is 1. The predicted octanol–water partition coefficient (Wildman–Crippen LogP) is 7.10. The average molecular weight is 542 g/mol. The molecule has 0 aliphatic rings. The number of carbonyl (C=O) groups is 2. The third-order valence-electron chi connectivity index (χ3n) is 6.27. The van der Waals surface area contributed by atoms with Crippen LogP contribution in [0, 0.1) is 0 Å². The van der Waals surface area contributed by atoms with Gasteiger partial charge in [0.05, 0.1) is 5.69 Å². The molecule has 0 atom stereocenters. The van der Waals surface area contributed by atoms with Gasteiger partial charge >= 0.3 is 0 Å². The molecule has 0 spiro atoms. The molecule has 2 heterocycles. The number of amides is 1. The molecule has 2 aromatic carbocycles. The first-order valence-corrected chi connectivity index (χ1v) is 12.5. The zero-order chi connectivity index (χ0) is 27.6. The van der Waals surface area contributed by atoms with Gasteiger partial charge in [0.2, 0.25) is 0 Å². The standard InChI is InChI=1S/C29H27ClF3N3O2/c1-4-36-23-10-9-17(11-19(23)14-24(36)20-7-5-6-8-22(20)30)13-25(37)21-12-18(15-34-26(21)27(31)32)16-35-28(38)29(2,3)33/h5-12,14-15,27H,4,13,16H2,1-3H3,(H,35,38). The highest BCUT2D eigenvalue weighted by Crippen LogP contribution is 2.33. The van der Waals surface area contributed by atoms with Crippen LogP contribution in [0.3, 0.4) is 0 Å². The fourth-order valence-electron chi connectivity index (χ4n) is 4.35. The third kappa shape index (κ3) is 5.75. The van der Waals surface area contributed by atoms with E-state index in [1.54, 1.807) is 6.07 Å². The Morgan fingerprint density at radius 2 is 1.82 bits per heavy atom. The van der Waals surface area contributed by atoms with Gasteiger partial charge in [-0.3, -0.25) is 14.6 Å². The second-order valence-corrected chi connectivity index (χ2v) is 9.89. The predicted molar refractivity (Wildman–Crippen MR) is 142 cm³/mol. The van der Waals surface area contributed by atoms with Crippen molar-refractivity contribution in [2.45, 2.75) is 52.4 Å². The molecule has 38 heavy (non-hydrogen) atoms. The van der Waals surface area contributed by atoms with E-state index in [0.29, 0.717) is 22.7 Å². The van der Waals surface area contributed by atoms with Gasteiger partial charge in [-0.15, -0.1) is 0 Å². The lowest BCUT2D eigenvalue weighted by molar-refractivity contribution is -0.130. The Kier molecular flexibility index (Phi) is 7.92. The SMILES string of the molecule is CCn1c(-c2ccccc2Cl)cc2cc(CC(=O)c3cc(CNC(=O)C(C)(C)F)cnc3C(F)F)ccc21. The van der Waals surface area contributed by atoms with E-state index >= 15 is 0 Å². The average Bonchev–Trinajstić information content (AvgIpc) is 3.24. The van der Waals surface area contributed by atoms with Crippen LogP contribution in [0.25, 0.3) is 22.2 Å². The van der Waals surface area contributed by atoms with Crippen molar-refractivity contribution < 1.29 is 22.8 Å². The van der Waals surface area contributed by atoms with Gasteiger partial charge in [0.25, 0.3) is 12.3 Å². The molecule has 0 aliphatic heterocycles. The Morgan fingerprint density at radius 1 is 1.08 bits per heavy atom. The van der Waals surface area contributed by atoms with Crippen LogP contribution in [0.2, 0.25) is 5.02 Å². The Bertz CT molecular complexity index is 1510. The molecule has 0 unspecified atom stereocenters. The number of benzene rings is 2. The van der Waals surface area contributed by atoms with Gasteiger partial charge < -0.3 is 9.88 Å². The lowest BCUT2D eigenvalue weighted by Gasteiger charge is -2.15. The number of rotatable bonds is 9. The van der Waals surface area contributed by atoms with Gasteiger partial charge in [0, 0.05) is 52.8 Å². The molecule has 1 amide bonds. The van der Waals surface area contributed by atoms with Crippen molar-refractivity contribution in [1.82, 2.24) is 14.9 Å². The van der Waals surface area contributed by atoms with E-state index in [-0.39, 0.29) is 18.5 Å². The minimum atomic E-state index is -2.96. The number of alkyl halides is 3. The number of hydrogen-bond donors (Lipinski definition) is 1. The number of nitrogens with zero attached hydrogens (tertiary/aromatic N) is 2. The molecule has 5 nitrogen and oxygen atoms in total. The molecular formula is C29H27ClF3N3O2. The molecule has 9 heteroatoms. The normalized spacial score (nSPS) is 11.8. The summed E-state index contributed by atoms with van der Waals surface area (Å²) in [6.07, 6.45) is -1.93. The Hall–Kier alpha value is -3.65. The highest BCUT2D eigenvalue weighted by atomic mass is 35.5. The molecule has 0 saturated heterocycles. The first kappa shape index (κ1) is 27.4. The number of aryl methyl sites for hydroxylation is 1. The van der Waals surface area contributed by atoms with Gasteiger partial charge in [0.15, 0.2) is 11.5 Å². The van der Waals surface area contributed by atoms with Crippen molar-refractivity contribution in [1.29, 1.82) is 0 Å². The number of halogens is 4. The molecule has 198 valence electrons. The van der Waals surface area contributed by atoms with Gasteiger partial charge in [-0.25, -0.2) is 13.2 Å². The number of pyridine rings is 1. The molecule has 2 aromatic heterocycles. The van der Waals surface area contributed by atoms with Gasteiger partial charge in [-0.2, -0.15) is 0 Å². The molecule has 0 aliphatic carbocycles. The van der Waals surface area contributed by atoms with E-state index in [4.69, 9.17) is 11.6 Å². The second-order valence-electron chi connectivity index (χ2n) is 9.48. The van der Waals surface area contributed by atoms with Crippen LogP contribution in [0.1, 0.15) is 54.4 Å². The maximum absolute atomic E-state index is 13.8. The number of nitrogens with one attached hydrogen (secondary N) is 1. The highest BCUT2D eigenvalue weighted by Gasteiger charge is 2.26. The Labute approximate surface area is 223 Å². The van der Waals surface area contributed by atoms with E-state index in [1.165, 1.54) is 6.07 Å². The van der Waals surface area contributed by atoms with Crippen LogP contribution >= 0.6 is 11.6 Å². The van der Waals surface area contributed by atoms with Gasteiger partial charge in [-0.1, -0.05) is 35.9 Å². The fourth-order valence-corrected chi connectivity index (χ4v) is 4.58. The van der Waals surface area contributed by atoms with Gasteiger partial charge in [0.1, 0.15) is 5.69 Å². The van der Waals surface area contributed by atoms with Crippen molar-refractivity contribution >= 4 is 34.2 Å². The van der Waals surface area contributed by atoms with Gasteiger partial charge in [-0.05, 0) is 62.2 Å². The fraction of sp³-hybridized carbons (Fsp3) is 0.276. The topological polar surface area (TPSA) is 64.0 Å². The van der Waals surface area contributed by atoms with E-state index < -0.39 is 29.5 Å². The number of ketones is 1. The summed E-state index contributed by atoms with van der Waals surface area (Å²) in [5, 5.41) is 3.91. The van der Waals surface area contributed by atoms with Crippen LogP contribution in [0.15, 0.2) is 60.8 Å². The van der Waals surface area contributed by atoms with Crippen LogP contribution in [-0.2, 0) is 24.3 Å². The summed E-state index contributed by atoms with van der Waals surface area (Å²) in [4.78, 5) is 28.8. The van der Waals surface area contributed by atoms with Crippen molar-refractivity contribution in [2.24, 2.45) is 0 Å². The summed E-state index contributed by atoms with van der Waals surface area (Å²) in [7, 11) is 0. The van der Waals surface area contributed by atoms with Crippen molar-refractivity contribution in [3.8, 4) is 11.3 Å². The quantitative estimate of drug-likeness (QED) is 0.230. The minimum Gasteiger partial charge on any atom is -0.349 e. The van der Waals surface area contributed by atoms with E-state index in [1.807, 2.05) is 49.4 Å². The van der Waals surface area contributed by atoms with E-state index in [9.17, 15) is 22.8 Å². The summed E-state index contributed by atoms with van der Waals surface area (Å²) in [6, 6.07) is 16.4. The lowest BCUT2D eigenvalue weighted by atomic mass is 9.99. The number of hydrogen-bond acceptors (Lipinski definition) is 3. The second kappa shape index (κ2) is 11.0. The molecule has 0 saturated carbocycles. The zero-order valence-electron chi connectivity index (χ0n) is 21.2.